The van der Waals surface area contributed by atoms with Gasteiger partial charge in [0.15, 0.2) is 6.61 Å². The first-order valence-electron chi connectivity index (χ1n) is 8.26. The number of nitrogens with one attached hydrogen (secondary N) is 1. The van der Waals surface area contributed by atoms with Crippen molar-refractivity contribution in [3.63, 3.8) is 0 Å². The van der Waals surface area contributed by atoms with Gasteiger partial charge in [0, 0.05) is 5.02 Å². The van der Waals surface area contributed by atoms with Gasteiger partial charge in [0.1, 0.15) is 11.5 Å². The Hall–Kier alpha value is -2.44. The molecule has 2 aromatic carbocycles. The van der Waals surface area contributed by atoms with Gasteiger partial charge >= 0.3 is 5.97 Å². The molecule has 0 heterocycles. The normalized spacial score (nSPS) is 10.2. The zero-order valence-electron chi connectivity index (χ0n) is 14.9. The van der Waals surface area contributed by atoms with Gasteiger partial charge in [-0.05, 0) is 50.2 Å². The third-order valence-electron chi connectivity index (χ3n) is 3.32. The van der Waals surface area contributed by atoms with Crippen molar-refractivity contribution < 1.29 is 23.8 Å². The van der Waals surface area contributed by atoms with Crippen molar-refractivity contribution in [3.05, 3.63) is 52.0 Å². The fourth-order valence-corrected chi connectivity index (χ4v) is 2.63. The fraction of sp³-hybridized carbons (Fsp3) is 0.263. The molecular weight excluding hydrogens is 393 g/mol. The Balaban J connectivity index is 2.06. The lowest BCUT2D eigenvalue weighted by molar-refractivity contribution is -0.118. The highest BCUT2D eigenvalue weighted by Gasteiger charge is 2.14. The molecule has 0 unspecified atom stereocenters. The number of carbonyl (C=O) groups excluding carboxylic acids is 2. The van der Waals surface area contributed by atoms with Gasteiger partial charge in [-0.15, -0.1) is 0 Å². The summed E-state index contributed by atoms with van der Waals surface area (Å²) in [5.74, 6) is -0.164. The Morgan fingerprint density at radius 2 is 1.74 bits per heavy atom. The number of esters is 1. The quantitative estimate of drug-likeness (QED) is 0.643. The standard InChI is InChI=1S/C19H19Cl2NO5/c1-3-25-17-9-12(19(24)26-4-2)5-7-15(17)22-18(23)11-27-16-8-6-13(20)10-14(16)21/h5-10H,3-4,11H2,1-2H3,(H,22,23). The Kier molecular flexibility index (Phi) is 7.76. The third kappa shape index (κ3) is 6.05. The van der Waals surface area contributed by atoms with Crippen LogP contribution in [-0.2, 0) is 9.53 Å². The molecule has 0 aromatic heterocycles. The first kappa shape index (κ1) is 20.9. The van der Waals surface area contributed by atoms with Crippen LogP contribution in [0, 0.1) is 0 Å². The molecule has 0 aliphatic rings. The van der Waals surface area contributed by atoms with Crippen LogP contribution in [-0.4, -0.2) is 31.7 Å². The Bertz CT molecular complexity index is 826. The van der Waals surface area contributed by atoms with Gasteiger partial charge in [0.05, 0.1) is 29.5 Å². The summed E-state index contributed by atoms with van der Waals surface area (Å²) in [4.78, 5) is 24.0. The van der Waals surface area contributed by atoms with Crippen LogP contribution < -0.4 is 14.8 Å². The number of halogens is 2. The maximum Gasteiger partial charge on any atom is 0.338 e. The van der Waals surface area contributed by atoms with Crippen LogP contribution in [0.25, 0.3) is 0 Å². The topological polar surface area (TPSA) is 73.9 Å². The van der Waals surface area contributed by atoms with Gasteiger partial charge in [0.2, 0.25) is 0 Å². The number of benzene rings is 2. The van der Waals surface area contributed by atoms with Gasteiger partial charge in [-0.2, -0.15) is 0 Å². The molecule has 0 aliphatic heterocycles. The second kappa shape index (κ2) is 10.0. The van der Waals surface area contributed by atoms with Crippen LogP contribution in [0.4, 0.5) is 5.69 Å². The van der Waals surface area contributed by atoms with Gasteiger partial charge in [0.25, 0.3) is 5.91 Å². The van der Waals surface area contributed by atoms with Crippen molar-refractivity contribution in [1.82, 2.24) is 0 Å². The molecule has 0 aliphatic carbocycles. The van der Waals surface area contributed by atoms with Crippen molar-refractivity contribution in [2.45, 2.75) is 13.8 Å². The van der Waals surface area contributed by atoms with E-state index in [4.69, 9.17) is 37.4 Å². The number of amides is 1. The van der Waals surface area contributed by atoms with Crippen LogP contribution in [0.15, 0.2) is 36.4 Å². The molecule has 8 heteroatoms. The van der Waals surface area contributed by atoms with Gasteiger partial charge in [-0.3, -0.25) is 4.79 Å². The highest BCUT2D eigenvalue weighted by Crippen LogP contribution is 2.28. The third-order valence-corrected chi connectivity index (χ3v) is 3.85. The van der Waals surface area contributed by atoms with Crippen LogP contribution in [0.3, 0.4) is 0 Å². The molecular formula is C19H19Cl2NO5. The number of hydrogen-bond acceptors (Lipinski definition) is 5. The van der Waals surface area contributed by atoms with Crippen molar-refractivity contribution in [1.29, 1.82) is 0 Å². The summed E-state index contributed by atoms with van der Waals surface area (Å²) in [6.45, 7) is 3.90. The first-order valence-corrected chi connectivity index (χ1v) is 9.01. The number of anilines is 1. The molecule has 2 rings (SSSR count). The van der Waals surface area contributed by atoms with Crippen LogP contribution in [0.1, 0.15) is 24.2 Å². The number of ether oxygens (including phenoxy) is 3. The van der Waals surface area contributed by atoms with Gasteiger partial charge < -0.3 is 19.5 Å². The largest absolute Gasteiger partial charge is 0.492 e. The molecule has 1 N–H and O–H groups in total. The molecule has 144 valence electrons. The van der Waals surface area contributed by atoms with Crippen LogP contribution >= 0.6 is 23.2 Å². The first-order chi connectivity index (χ1) is 12.9. The summed E-state index contributed by atoms with van der Waals surface area (Å²) in [7, 11) is 0. The molecule has 2 aromatic rings. The predicted octanol–water partition coefficient (Wildman–Crippen LogP) is 4.59. The summed E-state index contributed by atoms with van der Waals surface area (Å²) in [5.41, 5.74) is 0.753. The van der Waals surface area contributed by atoms with E-state index in [-0.39, 0.29) is 13.2 Å². The molecule has 0 atom stereocenters. The van der Waals surface area contributed by atoms with Crippen LogP contribution in [0.5, 0.6) is 11.5 Å². The van der Waals surface area contributed by atoms with E-state index in [0.717, 1.165) is 0 Å². The zero-order chi connectivity index (χ0) is 19.8. The van der Waals surface area contributed by atoms with Crippen molar-refractivity contribution in [3.8, 4) is 11.5 Å². The smallest absolute Gasteiger partial charge is 0.338 e. The van der Waals surface area contributed by atoms with E-state index in [1.165, 1.54) is 12.1 Å². The van der Waals surface area contributed by atoms with E-state index in [1.807, 2.05) is 0 Å². The summed E-state index contributed by atoms with van der Waals surface area (Å²) < 4.78 is 15.9. The summed E-state index contributed by atoms with van der Waals surface area (Å²) in [6, 6.07) is 9.36. The van der Waals surface area contributed by atoms with E-state index in [0.29, 0.717) is 39.4 Å². The SMILES string of the molecule is CCOC(=O)c1ccc(NC(=O)COc2ccc(Cl)cc2Cl)c(OCC)c1. The second-order valence-electron chi connectivity index (χ2n) is 5.28. The number of rotatable bonds is 8. The molecule has 0 radical (unpaired) electrons. The van der Waals surface area contributed by atoms with Crippen molar-refractivity contribution in [2.24, 2.45) is 0 Å². The van der Waals surface area contributed by atoms with E-state index >= 15 is 0 Å². The highest BCUT2D eigenvalue weighted by molar-refractivity contribution is 6.35. The molecule has 1 amide bonds. The molecule has 0 bridgehead atoms. The summed E-state index contributed by atoms with van der Waals surface area (Å²) in [6.07, 6.45) is 0. The minimum Gasteiger partial charge on any atom is -0.492 e. The summed E-state index contributed by atoms with van der Waals surface area (Å²) >= 11 is 11.8. The maximum atomic E-state index is 12.2. The maximum absolute atomic E-state index is 12.2. The number of carbonyl (C=O) groups is 2. The van der Waals surface area contributed by atoms with E-state index in [2.05, 4.69) is 5.32 Å². The lowest BCUT2D eigenvalue weighted by Gasteiger charge is -2.13. The zero-order valence-corrected chi connectivity index (χ0v) is 16.4. The molecule has 27 heavy (non-hydrogen) atoms. The minimum absolute atomic E-state index is 0.257. The van der Waals surface area contributed by atoms with Crippen molar-refractivity contribution >= 4 is 40.8 Å². The highest BCUT2D eigenvalue weighted by atomic mass is 35.5. The molecule has 0 saturated heterocycles. The monoisotopic (exact) mass is 411 g/mol. The number of hydrogen-bond donors (Lipinski definition) is 1. The molecule has 6 nitrogen and oxygen atoms in total. The Morgan fingerprint density at radius 3 is 2.41 bits per heavy atom. The van der Waals surface area contributed by atoms with Gasteiger partial charge in [-0.1, -0.05) is 23.2 Å². The van der Waals surface area contributed by atoms with E-state index < -0.39 is 11.9 Å². The van der Waals surface area contributed by atoms with E-state index in [9.17, 15) is 9.59 Å². The lowest BCUT2D eigenvalue weighted by atomic mass is 10.2. The summed E-state index contributed by atoms with van der Waals surface area (Å²) in [5, 5.41) is 3.47. The Labute approximate surface area is 167 Å². The average Bonchev–Trinajstić information content (AvgIpc) is 2.63. The van der Waals surface area contributed by atoms with Crippen molar-refractivity contribution in [2.75, 3.05) is 25.1 Å². The molecule has 0 spiro atoms. The predicted molar refractivity (Wildman–Crippen MR) is 104 cm³/mol. The lowest BCUT2D eigenvalue weighted by Crippen LogP contribution is -2.21. The van der Waals surface area contributed by atoms with Gasteiger partial charge in [-0.25, -0.2) is 4.79 Å². The minimum atomic E-state index is -0.461. The molecule has 0 fully saturated rings. The second-order valence-corrected chi connectivity index (χ2v) is 6.12. The average molecular weight is 412 g/mol. The Morgan fingerprint density at radius 1 is 0.963 bits per heavy atom. The van der Waals surface area contributed by atoms with Crippen LogP contribution in [0.2, 0.25) is 10.0 Å². The molecule has 0 saturated carbocycles. The fourth-order valence-electron chi connectivity index (χ4n) is 2.16. The van der Waals surface area contributed by atoms with E-state index in [1.54, 1.807) is 38.1 Å².